The van der Waals surface area contributed by atoms with E-state index in [1.807, 2.05) is 31.2 Å². The maximum absolute atomic E-state index is 13.2. The van der Waals surface area contributed by atoms with Gasteiger partial charge in [0.1, 0.15) is 5.75 Å². The van der Waals surface area contributed by atoms with Crippen LogP contribution in [0.15, 0.2) is 77.7 Å². The molecule has 10 heteroatoms. The van der Waals surface area contributed by atoms with E-state index in [0.717, 1.165) is 35.1 Å². The van der Waals surface area contributed by atoms with Crippen molar-refractivity contribution in [1.82, 2.24) is 0 Å². The van der Waals surface area contributed by atoms with Gasteiger partial charge in [-0.3, -0.25) is 4.72 Å². The molecule has 0 radical (unpaired) electrons. The lowest BCUT2D eigenvalue weighted by atomic mass is 9.77. The number of fused-ring (bicyclic) bond motifs is 3. The van der Waals surface area contributed by atoms with Crippen molar-refractivity contribution in [2.75, 3.05) is 16.6 Å². The second kappa shape index (κ2) is 9.61. The van der Waals surface area contributed by atoms with Crippen molar-refractivity contribution in [3.8, 4) is 5.75 Å². The van der Waals surface area contributed by atoms with Gasteiger partial charge in [0.2, 0.25) is 0 Å². The SMILES string of the molecule is CCOc1ccc([C@H]2Nc3ccc(S(=O)(=O)Nc4ccc(Cl)c(C(F)(F)F)c4)cc3[C@H]3C=CC[C@H]32)cc1. The number of nitrogens with one attached hydrogen (secondary N) is 2. The van der Waals surface area contributed by atoms with Crippen LogP contribution in [0.25, 0.3) is 0 Å². The Hall–Kier alpha value is -3.17. The number of allylic oxidation sites excluding steroid dienone is 2. The number of rotatable bonds is 6. The second-order valence-corrected chi connectivity index (χ2v) is 11.1. The Morgan fingerprint density at radius 1 is 1.08 bits per heavy atom. The first-order valence-corrected chi connectivity index (χ1v) is 13.6. The van der Waals surface area contributed by atoms with Gasteiger partial charge in [0.05, 0.1) is 28.1 Å². The summed E-state index contributed by atoms with van der Waals surface area (Å²) in [7, 11) is -4.15. The van der Waals surface area contributed by atoms with E-state index in [1.54, 1.807) is 12.1 Å². The maximum atomic E-state index is 13.2. The number of anilines is 2. The molecule has 0 bridgehead atoms. The number of hydrogen-bond donors (Lipinski definition) is 2. The van der Waals surface area contributed by atoms with Gasteiger partial charge in [0.15, 0.2) is 0 Å². The van der Waals surface area contributed by atoms with Crippen molar-refractivity contribution in [3.63, 3.8) is 0 Å². The third-order valence-corrected chi connectivity index (χ3v) is 8.43. The molecule has 5 nitrogen and oxygen atoms in total. The normalized spacial score (nSPS) is 20.6. The number of alkyl halides is 3. The lowest BCUT2D eigenvalue weighted by molar-refractivity contribution is -0.137. The average molecular weight is 549 g/mol. The van der Waals surface area contributed by atoms with Crippen LogP contribution in [0.3, 0.4) is 0 Å². The van der Waals surface area contributed by atoms with Gasteiger partial charge in [-0.1, -0.05) is 35.9 Å². The van der Waals surface area contributed by atoms with Gasteiger partial charge in [-0.25, -0.2) is 8.42 Å². The van der Waals surface area contributed by atoms with Gasteiger partial charge in [-0.05, 0) is 78.9 Å². The molecule has 37 heavy (non-hydrogen) atoms. The van der Waals surface area contributed by atoms with Crippen molar-refractivity contribution in [2.24, 2.45) is 5.92 Å². The summed E-state index contributed by atoms with van der Waals surface area (Å²) < 4.78 is 73.7. The molecule has 5 rings (SSSR count). The lowest BCUT2D eigenvalue weighted by Gasteiger charge is -2.37. The molecule has 0 saturated heterocycles. The summed E-state index contributed by atoms with van der Waals surface area (Å²) in [5, 5.41) is 3.06. The molecule has 2 N–H and O–H groups in total. The van der Waals surface area contributed by atoms with Crippen molar-refractivity contribution in [1.29, 1.82) is 0 Å². The molecule has 0 amide bonds. The summed E-state index contributed by atoms with van der Waals surface area (Å²) in [5.74, 6) is 0.978. The molecule has 0 fully saturated rings. The topological polar surface area (TPSA) is 67.4 Å². The van der Waals surface area contributed by atoms with E-state index in [9.17, 15) is 21.6 Å². The highest BCUT2D eigenvalue weighted by molar-refractivity contribution is 7.92. The smallest absolute Gasteiger partial charge is 0.417 e. The molecule has 2 aliphatic rings. The first-order valence-electron chi connectivity index (χ1n) is 11.8. The second-order valence-electron chi connectivity index (χ2n) is 9.02. The number of halogens is 4. The fourth-order valence-electron chi connectivity index (χ4n) is 5.03. The van der Waals surface area contributed by atoms with Crippen LogP contribution in [0.1, 0.15) is 42.0 Å². The number of benzene rings is 3. The van der Waals surface area contributed by atoms with E-state index in [2.05, 4.69) is 22.2 Å². The van der Waals surface area contributed by atoms with Crippen LogP contribution in [0, 0.1) is 5.92 Å². The Kier molecular flexibility index (Phi) is 6.62. The molecule has 0 unspecified atom stereocenters. The predicted molar refractivity (Wildman–Crippen MR) is 138 cm³/mol. The van der Waals surface area contributed by atoms with E-state index in [4.69, 9.17) is 16.3 Å². The Bertz CT molecular complexity index is 1460. The molecular formula is C27H24ClF3N2O3S. The van der Waals surface area contributed by atoms with Gasteiger partial charge in [0, 0.05) is 17.3 Å². The molecule has 1 aliphatic heterocycles. The summed E-state index contributed by atoms with van der Waals surface area (Å²) >= 11 is 5.66. The standard InChI is InChI=1S/C27H24ClF3N2O3S/c1-2-36-18-9-6-16(7-10-18)26-21-5-3-4-20(21)22-15-19(11-13-25(22)32-26)37(34,35)33-17-8-12-24(28)23(14-17)27(29,30)31/h3-4,6-15,20-21,26,32-33H,2,5H2,1H3/t20-,21+,26+/m0/s1. The van der Waals surface area contributed by atoms with Crippen LogP contribution in [-0.2, 0) is 16.2 Å². The minimum absolute atomic E-state index is 0.00432. The van der Waals surface area contributed by atoms with E-state index in [-0.39, 0.29) is 28.5 Å². The first kappa shape index (κ1) is 25.5. The van der Waals surface area contributed by atoms with Gasteiger partial charge in [-0.2, -0.15) is 13.2 Å². The Morgan fingerprint density at radius 2 is 1.84 bits per heavy atom. The largest absolute Gasteiger partial charge is 0.494 e. The van der Waals surface area contributed by atoms with Crippen LogP contribution in [0.2, 0.25) is 5.02 Å². The molecule has 1 heterocycles. The number of sulfonamides is 1. The number of ether oxygens (including phenoxy) is 1. The zero-order valence-corrected chi connectivity index (χ0v) is 21.3. The molecular weight excluding hydrogens is 525 g/mol. The number of hydrogen-bond acceptors (Lipinski definition) is 4. The summed E-state index contributed by atoms with van der Waals surface area (Å²) in [5.41, 5.74) is 1.42. The van der Waals surface area contributed by atoms with Crippen molar-refractivity contribution >= 4 is 33.0 Å². The average Bonchev–Trinajstić information content (AvgIpc) is 3.35. The molecule has 194 valence electrons. The highest BCUT2D eigenvalue weighted by atomic mass is 35.5. The minimum Gasteiger partial charge on any atom is -0.494 e. The van der Waals surface area contributed by atoms with Crippen molar-refractivity contribution < 1.29 is 26.3 Å². The van der Waals surface area contributed by atoms with Gasteiger partial charge < -0.3 is 10.1 Å². The monoisotopic (exact) mass is 548 g/mol. The molecule has 0 spiro atoms. The Balaban J connectivity index is 1.43. The molecule has 3 aromatic rings. The fraction of sp³-hybridized carbons (Fsp3) is 0.259. The van der Waals surface area contributed by atoms with Gasteiger partial charge in [-0.15, -0.1) is 0 Å². The van der Waals surface area contributed by atoms with E-state index < -0.39 is 26.8 Å². The lowest BCUT2D eigenvalue weighted by Crippen LogP contribution is -2.29. The molecule has 3 atom stereocenters. The Labute approximate surface area is 218 Å². The highest BCUT2D eigenvalue weighted by Gasteiger charge is 2.38. The highest BCUT2D eigenvalue weighted by Crippen LogP contribution is 2.50. The van der Waals surface area contributed by atoms with Crippen molar-refractivity contribution in [2.45, 2.75) is 36.4 Å². The quantitative estimate of drug-likeness (QED) is 0.315. The summed E-state index contributed by atoms with van der Waals surface area (Å²) in [4.78, 5) is -0.0323. The molecule has 3 aromatic carbocycles. The van der Waals surface area contributed by atoms with Crippen LogP contribution in [0.5, 0.6) is 5.75 Å². The first-order chi connectivity index (χ1) is 17.6. The van der Waals surface area contributed by atoms with Gasteiger partial charge in [0.25, 0.3) is 10.0 Å². The molecule has 1 aliphatic carbocycles. The maximum Gasteiger partial charge on any atom is 0.417 e. The van der Waals surface area contributed by atoms with E-state index in [0.29, 0.717) is 12.7 Å². The summed E-state index contributed by atoms with van der Waals surface area (Å²) in [6.07, 6.45) is 0.305. The third kappa shape index (κ3) is 5.02. The fourth-order valence-corrected chi connectivity index (χ4v) is 6.34. The van der Waals surface area contributed by atoms with Crippen molar-refractivity contribution in [3.05, 3.63) is 94.5 Å². The zero-order valence-electron chi connectivity index (χ0n) is 19.7. The molecule has 0 aromatic heterocycles. The zero-order chi connectivity index (χ0) is 26.4. The third-order valence-electron chi connectivity index (χ3n) is 6.72. The van der Waals surface area contributed by atoms with Crippen LogP contribution >= 0.6 is 11.6 Å². The Morgan fingerprint density at radius 3 is 2.54 bits per heavy atom. The van der Waals surface area contributed by atoms with Crippen LogP contribution < -0.4 is 14.8 Å². The summed E-state index contributed by atoms with van der Waals surface area (Å²) in [6.45, 7) is 2.52. The van der Waals surface area contributed by atoms with Crippen LogP contribution in [-0.4, -0.2) is 15.0 Å². The summed E-state index contributed by atoms with van der Waals surface area (Å²) in [6, 6.07) is 15.6. The predicted octanol–water partition coefficient (Wildman–Crippen LogP) is 7.38. The van der Waals surface area contributed by atoms with Gasteiger partial charge >= 0.3 is 6.18 Å². The van der Waals surface area contributed by atoms with E-state index in [1.165, 1.54) is 12.1 Å². The molecule has 0 saturated carbocycles. The van der Waals surface area contributed by atoms with E-state index >= 15 is 0 Å². The minimum atomic E-state index is -4.71. The van der Waals surface area contributed by atoms with Crippen LogP contribution in [0.4, 0.5) is 24.5 Å².